The molecule has 4 heteroatoms. The van der Waals surface area contributed by atoms with Gasteiger partial charge in [-0.05, 0) is 61.9 Å². The Labute approximate surface area is 212 Å². The minimum absolute atomic E-state index is 0.0623. The maximum atomic E-state index is 6.76. The molecular weight excluding hydrogens is 442 g/mol. The lowest BCUT2D eigenvalue weighted by Crippen LogP contribution is -2.21. The molecule has 0 radical (unpaired) electrons. The zero-order chi connectivity index (χ0) is 25.4. The number of ether oxygens (including phenoxy) is 1. The quantitative estimate of drug-likeness (QED) is 0.239. The van der Waals surface area contributed by atoms with E-state index in [1.807, 2.05) is 12.4 Å². The number of anilines is 3. The molecule has 0 bridgehead atoms. The zero-order valence-electron chi connectivity index (χ0n) is 22.0. The summed E-state index contributed by atoms with van der Waals surface area (Å²) < 4.78 is 6.76. The molecule has 0 saturated carbocycles. The fourth-order valence-electron chi connectivity index (χ4n) is 5.25. The molecule has 0 N–H and O–H groups in total. The lowest BCUT2D eigenvalue weighted by molar-refractivity contribution is 0.482. The first kappa shape index (κ1) is 22.5. The number of aryl methyl sites for hydroxylation is 4. The van der Waals surface area contributed by atoms with Gasteiger partial charge in [-0.25, -0.2) is 9.97 Å². The second kappa shape index (κ2) is 7.79. The van der Waals surface area contributed by atoms with Gasteiger partial charge >= 0.3 is 0 Å². The number of hydrogen-bond acceptors (Lipinski definition) is 4. The van der Waals surface area contributed by atoms with Crippen molar-refractivity contribution in [2.24, 2.45) is 0 Å². The summed E-state index contributed by atoms with van der Waals surface area (Å²) in [5.74, 6) is 3.10. The molecule has 3 aromatic carbocycles. The smallest absolute Gasteiger partial charge is 0.183 e. The van der Waals surface area contributed by atoms with Crippen LogP contribution >= 0.6 is 0 Å². The fourth-order valence-corrected chi connectivity index (χ4v) is 5.25. The largest absolute Gasteiger partial charge is 0.448 e. The molecule has 36 heavy (non-hydrogen) atoms. The van der Waals surface area contributed by atoms with Crippen molar-refractivity contribution in [1.82, 2.24) is 9.97 Å². The van der Waals surface area contributed by atoms with Gasteiger partial charge in [0.1, 0.15) is 0 Å². The Bertz CT molecular complexity index is 1580. The van der Waals surface area contributed by atoms with Gasteiger partial charge < -0.3 is 4.74 Å². The van der Waals surface area contributed by atoms with Gasteiger partial charge in [0.2, 0.25) is 0 Å². The summed E-state index contributed by atoms with van der Waals surface area (Å²) >= 11 is 0. The number of hydrogen-bond donors (Lipinski definition) is 0. The Morgan fingerprint density at radius 1 is 0.667 bits per heavy atom. The van der Waals surface area contributed by atoms with E-state index in [0.29, 0.717) is 0 Å². The number of pyridine rings is 2. The van der Waals surface area contributed by atoms with E-state index in [0.717, 1.165) is 50.4 Å². The van der Waals surface area contributed by atoms with E-state index in [9.17, 15) is 0 Å². The first-order chi connectivity index (χ1) is 17.1. The van der Waals surface area contributed by atoms with Crippen LogP contribution in [0, 0.1) is 27.7 Å². The van der Waals surface area contributed by atoms with Crippen LogP contribution in [0.2, 0.25) is 0 Å². The molecule has 180 valence electrons. The normalized spacial score (nSPS) is 13.0. The summed E-state index contributed by atoms with van der Waals surface area (Å²) in [7, 11) is 0. The maximum absolute atomic E-state index is 6.76. The average Bonchev–Trinajstić information content (AvgIpc) is 2.82. The lowest BCUT2D eigenvalue weighted by atomic mass is 9.84. The summed E-state index contributed by atoms with van der Waals surface area (Å²) in [5.41, 5.74) is 7.24. The molecular formula is C32H31N3O. The third-order valence-corrected chi connectivity index (χ3v) is 7.17. The van der Waals surface area contributed by atoms with E-state index in [2.05, 4.69) is 102 Å². The predicted molar refractivity (Wildman–Crippen MR) is 149 cm³/mol. The molecule has 0 saturated heterocycles. The van der Waals surface area contributed by atoms with Crippen molar-refractivity contribution in [3.05, 3.63) is 88.7 Å². The second-order valence-corrected chi connectivity index (χ2v) is 11.1. The van der Waals surface area contributed by atoms with Crippen molar-refractivity contribution < 1.29 is 4.74 Å². The second-order valence-electron chi connectivity index (χ2n) is 11.1. The van der Waals surface area contributed by atoms with E-state index in [1.165, 1.54) is 27.8 Å². The Balaban J connectivity index is 1.71. The molecule has 0 unspecified atom stereocenters. The van der Waals surface area contributed by atoms with Crippen molar-refractivity contribution in [3.63, 3.8) is 0 Å². The molecule has 6 rings (SSSR count). The van der Waals surface area contributed by atoms with Crippen molar-refractivity contribution >= 4 is 38.9 Å². The third kappa shape index (κ3) is 3.43. The summed E-state index contributed by atoms with van der Waals surface area (Å²) in [6.45, 7) is 15.4. The van der Waals surface area contributed by atoms with Crippen LogP contribution in [0.1, 0.15) is 48.6 Å². The molecule has 5 aromatic rings. The molecule has 1 aliphatic rings. The van der Waals surface area contributed by atoms with Gasteiger partial charge in [0.05, 0.1) is 5.69 Å². The molecule has 0 aliphatic carbocycles. The van der Waals surface area contributed by atoms with Crippen molar-refractivity contribution in [2.75, 3.05) is 4.90 Å². The molecule has 0 atom stereocenters. The maximum Gasteiger partial charge on any atom is 0.183 e. The number of benzene rings is 3. The van der Waals surface area contributed by atoms with E-state index < -0.39 is 0 Å². The van der Waals surface area contributed by atoms with E-state index in [1.54, 1.807) is 0 Å². The first-order valence-corrected chi connectivity index (χ1v) is 12.5. The molecule has 0 fully saturated rings. The highest BCUT2D eigenvalue weighted by atomic mass is 16.5. The summed E-state index contributed by atoms with van der Waals surface area (Å²) in [4.78, 5) is 12.1. The SMILES string of the molecule is Cc1ccc2cnc3c(c2c1)Oc1c(ncc2ccc(C)cc12)N3c1c(C)cc(C(C)(C)C)cc1C. The topological polar surface area (TPSA) is 38.3 Å². The molecule has 4 nitrogen and oxygen atoms in total. The van der Waals surface area contributed by atoms with Crippen LogP contribution in [-0.4, -0.2) is 9.97 Å². The highest BCUT2D eigenvalue weighted by Crippen LogP contribution is 2.54. The van der Waals surface area contributed by atoms with Crippen LogP contribution in [0.3, 0.4) is 0 Å². The predicted octanol–water partition coefficient (Wildman–Crippen LogP) is 8.89. The van der Waals surface area contributed by atoms with Crippen molar-refractivity contribution in [1.29, 1.82) is 0 Å². The van der Waals surface area contributed by atoms with Crippen LogP contribution in [-0.2, 0) is 5.41 Å². The Kier molecular flexibility index (Phi) is 4.88. The molecule has 0 amide bonds. The zero-order valence-corrected chi connectivity index (χ0v) is 22.0. The third-order valence-electron chi connectivity index (χ3n) is 7.17. The van der Waals surface area contributed by atoms with Crippen LogP contribution in [0.5, 0.6) is 11.5 Å². The van der Waals surface area contributed by atoms with Gasteiger partial charge in [-0.15, -0.1) is 0 Å². The summed E-state index contributed by atoms with van der Waals surface area (Å²) in [6.07, 6.45) is 3.88. The number of rotatable bonds is 1. The molecule has 1 aliphatic heterocycles. The number of aromatic nitrogens is 2. The van der Waals surface area contributed by atoms with Gasteiger partial charge in [0.25, 0.3) is 0 Å². The Morgan fingerprint density at radius 2 is 1.14 bits per heavy atom. The molecule has 0 spiro atoms. The van der Waals surface area contributed by atoms with Gasteiger partial charge in [-0.1, -0.05) is 68.3 Å². The highest BCUT2D eigenvalue weighted by molar-refractivity contribution is 6.02. The summed E-state index contributed by atoms with van der Waals surface area (Å²) in [5, 5.41) is 4.23. The van der Waals surface area contributed by atoms with Gasteiger partial charge in [-0.2, -0.15) is 0 Å². The molecule has 3 heterocycles. The molecule has 2 aromatic heterocycles. The van der Waals surface area contributed by atoms with Crippen LogP contribution < -0.4 is 9.64 Å². The van der Waals surface area contributed by atoms with Gasteiger partial charge in [-0.3, -0.25) is 4.90 Å². The van der Waals surface area contributed by atoms with Crippen LogP contribution in [0.25, 0.3) is 21.5 Å². The highest BCUT2D eigenvalue weighted by Gasteiger charge is 2.33. The Hall–Kier alpha value is -3.92. The lowest BCUT2D eigenvalue weighted by Gasteiger charge is -2.34. The standard InChI is InChI=1S/C32H31N3O/c1-18-8-10-22-16-33-30-28(25(22)12-18)36-29-26-13-19(2)9-11-23(26)17-34-31(29)35(30)27-20(3)14-24(15-21(27)4)32(5,6)7/h8-17H,1-7H3. The Morgan fingerprint density at radius 3 is 1.58 bits per heavy atom. The van der Waals surface area contributed by atoms with E-state index in [-0.39, 0.29) is 5.41 Å². The minimum atomic E-state index is 0.0623. The van der Waals surface area contributed by atoms with Gasteiger partial charge in [0, 0.05) is 33.9 Å². The average molecular weight is 474 g/mol. The van der Waals surface area contributed by atoms with Crippen molar-refractivity contribution in [2.45, 2.75) is 53.9 Å². The first-order valence-electron chi connectivity index (χ1n) is 12.5. The van der Waals surface area contributed by atoms with Crippen LogP contribution in [0.15, 0.2) is 60.9 Å². The van der Waals surface area contributed by atoms with Crippen molar-refractivity contribution in [3.8, 4) is 11.5 Å². The summed E-state index contributed by atoms with van der Waals surface area (Å²) in [6, 6.07) is 17.4. The number of nitrogens with zero attached hydrogens (tertiary/aromatic N) is 3. The van der Waals surface area contributed by atoms with Gasteiger partial charge in [0.15, 0.2) is 23.1 Å². The fraction of sp³-hybridized carbons (Fsp3) is 0.250. The van der Waals surface area contributed by atoms with E-state index in [4.69, 9.17) is 14.7 Å². The monoisotopic (exact) mass is 473 g/mol. The van der Waals surface area contributed by atoms with Crippen LogP contribution in [0.4, 0.5) is 17.3 Å². The minimum Gasteiger partial charge on any atom is -0.448 e. The van der Waals surface area contributed by atoms with E-state index >= 15 is 0 Å². The number of fused-ring (bicyclic) bond motifs is 6.